The number of nitrogens with zero attached hydrogens (tertiary/aromatic N) is 4. The van der Waals surface area contributed by atoms with E-state index >= 15 is 0 Å². The van der Waals surface area contributed by atoms with E-state index in [2.05, 4.69) is 138 Å². The molecule has 0 radical (unpaired) electrons. The van der Waals surface area contributed by atoms with Crippen molar-refractivity contribution in [2.24, 2.45) is 5.92 Å². The van der Waals surface area contributed by atoms with Crippen molar-refractivity contribution in [3.63, 3.8) is 0 Å². The van der Waals surface area contributed by atoms with E-state index in [-0.39, 0.29) is 0 Å². The second-order valence-electron chi connectivity index (χ2n) is 13.9. The van der Waals surface area contributed by atoms with Gasteiger partial charge in [0.2, 0.25) is 0 Å². The number of rotatable bonds is 10. The SMILES string of the molecule is CCCC(C)CC(C)c1ccc2c(c1)c1ccc(Oc3cc(C)cc(-n4nc(C)c(-c5ccccc5)c4C)c3)cc1n2-c1cc(C)ccn1. The zero-order chi connectivity index (χ0) is 34.2. The van der Waals surface area contributed by atoms with E-state index in [1.807, 2.05) is 23.0 Å². The van der Waals surface area contributed by atoms with Gasteiger partial charge in [-0.15, -0.1) is 0 Å². The quantitative estimate of drug-likeness (QED) is 0.148. The van der Waals surface area contributed by atoms with Crippen molar-refractivity contribution < 1.29 is 4.74 Å². The van der Waals surface area contributed by atoms with Crippen LogP contribution in [0.1, 0.15) is 74.0 Å². The zero-order valence-corrected chi connectivity index (χ0v) is 29.8. The molecule has 0 amide bonds. The first-order valence-corrected chi connectivity index (χ1v) is 17.6. The molecular weight excluding hydrogens is 601 g/mol. The van der Waals surface area contributed by atoms with Crippen LogP contribution in [0, 0.1) is 33.6 Å². The molecule has 248 valence electrons. The molecule has 0 fully saturated rings. The van der Waals surface area contributed by atoms with E-state index in [0.29, 0.717) is 11.8 Å². The molecule has 2 atom stereocenters. The molecule has 3 heterocycles. The van der Waals surface area contributed by atoms with Gasteiger partial charge in [0.1, 0.15) is 17.3 Å². The molecule has 7 aromatic rings. The first kappa shape index (κ1) is 32.4. The monoisotopic (exact) mass is 646 g/mol. The third-order valence-electron chi connectivity index (χ3n) is 9.87. The summed E-state index contributed by atoms with van der Waals surface area (Å²) in [4.78, 5) is 4.82. The van der Waals surface area contributed by atoms with E-state index in [4.69, 9.17) is 14.8 Å². The van der Waals surface area contributed by atoms with Crippen molar-refractivity contribution in [3.05, 3.63) is 131 Å². The fourth-order valence-electron chi connectivity index (χ4n) is 7.59. The van der Waals surface area contributed by atoms with E-state index in [1.165, 1.54) is 52.3 Å². The minimum Gasteiger partial charge on any atom is -0.457 e. The first-order chi connectivity index (χ1) is 23.7. The van der Waals surface area contributed by atoms with E-state index < -0.39 is 0 Å². The lowest BCUT2D eigenvalue weighted by Gasteiger charge is -2.17. The lowest BCUT2D eigenvalue weighted by molar-refractivity contribution is 0.449. The maximum atomic E-state index is 6.66. The average Bonchev–Trinajstić information content (AvgIpc) is 3.57. The number of aromatic nitrogens is 4. The summed E-state index contributed by atoms with van der Waals surface area (Å²) < 4.78 is 11.0. The van der Waals surface area contributed by atoms with Crippen molar-refractivity contribution in [1.82, 2.24) is 19.3 Å². The summed E-state index contributed by atoms with van der Waals surface area (Å²) in [7, 11) is 0. The molecule has 3 aromatic heterocycles. The fourth-order valence-corrected chi connectivity index (χ4v) is 7.59. The Hall–Kier alpha value is -5.16. The van der Waals surface area contributed by atoms with Gasteiger partial charge in [-0.1, -0.05) is 70.0 Å². The molecule has 0 saturated carbocycles. The molecule has 49 heavy (non-hydrogen) atoms. The Balaban J connectivity index is 1.29. The van der Waals surface area contributed by atoms with Gasteiger partial charge in [-0.05, 0) is 117 Å². The largest absolute Gasteiger partial charge is 0.457 e. The van der Waals surface area contributed by atoms with Crippen LogP contribution in [0.2, 0.25) is 0 Å². The molecule has 0 aliphatic heterocycles. The lowest BCUT2D eigenvalue weighted by Crippen LogP contribution is -2.02. The minimum absolute atomic E-state index is 0.491. The van der Waals surface area contributed by atoms with Gasteiger partial charge in [-0.2, -0.15) is 5.10 Å². The van der Waals surface area contributed by atoms with Crippen LogP contribution in [0.15, 0.2) is 103 Å². The average molecular weight is 647 g/mol. The standard InChI is InChI=1S/C44H46N4O/c1-8-12-28(2)21-31(5)35-15-18-41-40(25-35)39-17-16-37(27-42(39)47(41)43-24-29(3)19-20-45-43)49-38-23-30(4)22-36(26-38)48-33(7)44(32(6)46-48)34-13-10-9-11-14-34/h9-11,13-20,22-28,31H,8,12,21H2,1-7H3. The van der Waals surface area contributed by atoms with Crippen molar-refractivity contribution in [2.75, 3.05) is 0 Å². The molecule has 0 spiro atoms. The van der Waals surface area contributed by atoms with Crippen molar-refractivity contribution in [2.45, 2.75) is 73.6 Å². The highest BCUT2D eigenvalue weighted by molar-refractivity contribution is 6.09. The number of ether oxygens (including phenoxy) is 1. The smallest absolute Gasteiger partial charge is 0.137 e. The third-order valence-corrected chi connectivity index (χ3v) is 9.87. The normalized spacial score (nSPS) is 12.9. The number of fused-ring (bicyclic) bond motifs is 3. The Labute approximate surface area is 290 Å². The molecule has 5 nitrogen and oxygen atoms in total. The molecule has 0 N–H and O–H groups in total. The zero-order valence-electron chi connectivity index (χ0n) is 29.8. The predicted molar refractivity (Wildman–Crippen MR) is 204 cm³/mol. The van der Waals surface area contributed by atoms with Crippen LogP contribution in [-0.4, -0.2) is 19.3 Å². The van der Waals surface area contributed by atoms with Gasteiger partial charge in [0.25, 0.3) is 0 Å². The number of hydrogen-bond acceptors (Lipinski definition) is 3. The highest BCUT2D eigenvalue weighted by Gasteiger charge is 2.19. The molecule has 5 heteroatoms. The fraction of sp³-hybridized carbons (Fsp3) is 0.273. The lowest BCUT2D eigenvalue weighted by atomic mass is 9.88. The summed E-state index contributed by atoms with van der Waals surface area (Å²) >= 11 is 0. The molecular formula is C44H46N4O. The van der Waals surface area contributed by atoms with Gasteiger partial charge in [0.15, 0.2) is 0 Å². The van der Waals surface area contributed by atoms with E-state index in [1.54, 1.807) is 0 Å². The summed E-state index contributed by atoms with van der Waals surface area (Å²) in [6.45, 7) is 15.5. The van der Waals surface area contributed by atoms with Crippen LogP contribution < -0.4 is 4.74 Å². The van der Waals surface area contributed by atoms with Crippen LogP contribution in [0.25, 0.3) is 44.4 Å². The highest BCUT2D eigenvalue weighted by atomic mass is 16.5. The van der Waals surface area contributed by atoms with Gasteiger partial charge in [0.05, 0.1) is 22.4 Å². The number of benzene rings is 4. The summed E-state index contributed by atoms with van der Waals surface area (Å²) in [5, 5.41) is 7.40. The maximum absolute atomic E-state index is 6.66. The number of aryl methyl sites for hydroxylation is 3. The topological polar surface area (TPSA) is 44.9 Å². The van der Waals surface area contributed by atoms with E-state index in [0.717, 1.165) is 51.0 Å². The summed E-state index contributed by atoms with van der Waals surface area (Å²) in [6, 6.07) is 34.4. The second kappa shape index (κ2) is 13.4. The van der Waals surface area contributed by atoms with Gasteiger partial charge in [-0.25, -0.2) is 9.67 Å². The van der Waals surface area contributed by atoms with Crippen molar-refractivity contribution in [1.29, 1.82) is 0 Å². The minimum atomic E-state index is 0.491. The summed E-state index contributed by atoms with van der Waals surface area (Å²) in [5.41, 5.74) is 11.3. The second-order valence-corrected chi connectivity index (χ2v) is 13.9. The molecule has 7 rings (SSSR count). The Morgan fingerprint density at radius 2 is 1.55 bits per heavy atom. The molecule has 2 unspecified atom stereocenters. The number of hydrogen-bond donors (Lipinski definition) is 0. The van der Waals surface area contributed by atoms with Gasteiger partial charge in [-0.3, -0.25) is 4.57 Å². The Morgan fingerprint density at radius 1 is 0.735 bits per heavy atom. The van der Waals surface area contributed by atoms with Crippen LogP contribution >= 0.6 is 0 Å². The van der Waals surface area contributed by atoms with Crippen LogP contribution in [0.5, 0.6) is 11.5 Å². The summed E-state index contributed by atoms with van der Waals surface area (Å²) in [5.74, 6) is 3.66. The summed E-state index contributed by atoms with van der Waals surface area (Å²) in [6.07, 6.45) is 5.59. The predicted octanol–water partition coefficient (Wildman–Crippen LogP) is 12.0. The van der Waals surface area contributed by atoms with Gasteiger partial charge >= 0.3 is 0 Å². The Morgan fingerprint density at radius 3 is 2.33 bits per heavy atom. The number of pyridine rings is 1. The molecule has 4 aromatic carbocycles. The Bertz CT molecular complexity index is 2280. The molecule has 0 aliphatic rings. The third kappa shape index (κ3) is 6.38. The Kier molecular flexibility index (Phi) is 8.85. The highest BCUT2D eigenvalue weighted by Crippen LogP contribution is 2.38. The molecule has 0 saturated heterocycles. The maximum Gasteiger partial charge on any atom is 0.137 e. The molecule has 0 bridgehead atoms. The van der Waals surface area contributed by atoms with Crippen LogP contribution in [-0.2, 0) is 0 Å². The van der Waals surface area contributed by atoms with Gasteiger partial charge in [0, 0.05) is 40.4 Å². The van der Waals surface area contributed by atoms with Crippen LogP contribution in [0.4, 0.5) is 0 Å². The van der Waals surface area contributed by atoms with E-state index in [9.17, 15) is 0 Å². The molecule has 0 aliphatic carbocycles. The van der Waals surface area contributed by atoms with Gasteiger partial charge < -0.3 is 4.74 Å². The first-order valence-electron chi connectivity index (χ1n) is 17.6. The van der Waals surface area contributed by atoms with Crippen molar-refractivity contribution in [3.8, 4) is 34.1 Å². The van der Waals surface area contributed by atoms with Crippen molar-refractivity contribution >= 4 is 21.8 Å². The van der Waals surface area contributed by atoms with Crippen LogP contribution in [0.3, 0.4) is 0 Å².